The van der Waals surface area contributed by atoms with Gasteiger partial charge < -0.3 is 15.1 Å². The molecule has 0 aliphatic carbocycles. The predicted molar refractivity (Wildman–Crippen MR) is 78.7 cm³/mol. The summed E-state index contributed by atoms with van der Waals surface area (Å²) in [4.78, 5) is 8.29. The highest BCUT2D eigenvalue weighted by molar-refractivity contribution is 5.79. The van der Waals surface area contributed by atoms with Crippen LogP contribution < -0.4 is 10.6 Å². The van der Waals surface area contributed by atoms with E-state index in [9.17, 15) is 13.2 Å². The van der Waals surface area contributed by atoms with E-state index in [2.05, 4.69) is 20.6 Å². The number of halogens is 3. The molecule has 1 aromatic rings. The van der Waals surface area contributed by atoms with Gasteiger partial charge in [0.15, 0.2) is 5.96 Å². The summed E-state index contributed by atoms with van der Waals surface area (Å²) in [6.45, 7) is 8.34. The van der Waals surface area contributed by atoms with Crippen LogP contribution in [-0.4, -0.2) is 30.2 Å². The van der Waals surface area contributed by atoms with Gasteiger partial charge in [-0.05, 0) is 6.92 Å². The highest BCUT2D eigenvalue weighted by atomic mass is 19.4. The molecule has 0 radical (unpaired) electrons. The molecule has 0 saturated carbocycles. The summed E-state index contributed by atoms with van der Waals surface area (Å²) in [6, 6.07) is 0. The molecule has 0 bridgehead atoms. The van der Waals surface area contributed by atoms with Gasteiger partial charge >= 0.3 is 6.18 Å². The smallest absolute Gasteiger partial charge is 0.390 e. The van der Waals surface area contributed by atoms with Crippen LogP contribution in [0.5, 0.6) is 0 Å². The van der Waals surface area contributed by atoms with Crippen molar-refractivity contribution in [2.24, 2.45) is 4.99 Å². The summed E-state index contributed by atoms with van der Waals surface area (Å²) in [5, 5.41) is 5.51. The maximum absolute atomic E-state index is 12.1. The van der Waals surface area contributed by atoms with E-state index in [1.54, 1.807) is 6.20 Å². The largest absolute Gasteiger partial charge is 0.443 e. The van der Waals surface area contributed by atoms with E-state index in [1.807, 2.05) is 27.7 Å². The summed E-state index contributed by atoms with van der Waals surface area (Å²) in [6.07, 6.45) is -3.45. The Hall–Kier alpha value is -1.73. The predicted octanol–water partition coefficient (Wildman–Crippen LogP) is 2.98. The molecule has 0 atom stereocenters. The summed E-state index contributed by atoms with van der Waals surface area (Å²) >= 11 is 0. The molecule has 2 N–H and O–H groups in total. The van der Waals surface area contributed by atoms with Crippen LogP contribution in [0, 0.1) is 0 Å². The first-order valence-electron chi connectivity index (χ1n) is 7.16. The molecule has 1 heterocycles. The first kappa shape index (κ1) is 18.3. The number of alkyl halides is 3. The van der Waals surface area contributed by atoms with E-state index in [4.69, 9.17) is 4.42 Å². The second-order valence-electron chi connectivity index (χ2n) is 5.86. The third kappa shape index (κ3) is 6.82. The van der Waals surface area contributed by atoms with Gasteiger partial charge in [0, 0.05) is 18.5 Å². The molecule has 22 heavy (non-hydrogen) atoms. The summed E-state index contributed by atoms with van der Waals surface area (Å²) in [7, 11) is 0. The minimum atomic E-state index is -4.19. The molecule has 0 saturated heterocycles. The lowest BCUT2D eigenvalue weighted by atomic mass is 9.94. The fourth-order valence-electron chi connectivity index (χ4n) is 1.54. The molecule has 5 nitrogen and oxygen atoms in total. The monoisotopic (exact) mass is 320 g/mol. The fourth-order valence-corrected chi connectivity index (χ4v) is 1.54. The summed E-state index contributed by atoms with van der Waals surface area (Å²) < 4.78 is 42.0. The second kappa shape index (κ2) is 7.51. The molecule has 1 aromatic heterocycles. The number of guanidine groups is 1. The molecule has 8 heteroatoms. The molecule has 0 aliphatic rings. The number of nitrogens with one attached hydrogen (secondary N) is 2. The number of hydrogen-bond acceptors (Lipinski definition) is 3. The minimum absolute atomic E-state index is 0.148. The van der Waals surface area contributed by atoms with Crippen LogP contribution in [-0.2, 0) is 12.0 Å². The molecule has 1 rings (SSSR count). The zero-order valence-electron chi connectivity index (χ0n) is 13.3. The Bertz CT molecular complexity index is 489. The van der Waals surface area contributed by atoms with Crippen LogP contribution in [0.4, 0.5) is 13.2 Å². The lowest BCUT2D eigenvalue weighted by Crippen LogP contribution is -2.38. The number of aliphatic imine (C=N–C) groups is 1. The third-order valence-electron chi connectivity index (χ3n) is 2.71. The molecular formula is C14H23F3N4O. The van der Waals surface area contributed by atoms with Crippen molar-refractivity contribution in [1.29, 1.82) is 0 Å². The molecule has 0 aromatic carbocycles. The Balaban J connectivity index is 2.60. The Morgan fingerprint density at radius 1 is 1.27 bits per heavy atom. The van der Waals surface area contributed by atoms with Gasteiger partial charge in [-0.1, -0.05) is 20.8 Å². The normalized spacial score (nSPS) is 13.3. The summed E-state index contributed by atoms with van der Waals surface area (Å²) in [5.74, 6) is 1.48. The van der Waals surface area contributed by atoms with E-state index >= 15 is 0 Å². The topological polar surface area (TPSA) is 62.5 Å². The van der Waals surface area contributed by atoms with E-state index in [-0.39, 0.29) is 18.5 Å². The lowest BCUT2D eigenvalue weighted by Gasteiger charge is -2.13. The molecule has 0 amide bonds. The highest BCUT2D eigenvalue weighted by Crippen LogP contribution is 2.22. The van der Waals surface area contributed by atoms with Gasteiger partial charge in [-0.15, -0.1) is 0 Å². The van der Waals surface area contributed by atoms with Crippen molar-refractivity contribution in [3.8, 4) is 0 Å². The Labute approximate surface area is 128 Å². The maximum atomic E-state index is 12.1. The minimum Gasteiger partial charge on any atom is -0.443 e. The number of hydrogen-bond donors (Lipinski definition) is 2. The molecular weight excluding hydrogens is 297 g/mol. The number of aromatic nitrogens is 1. The van der Waals surface area contributed by atoms with Crippen molar-refractivity contribution in [3.05, 3.63) is 17.8 Å². The average Bonchev–Trinajstić information content (AvgIpc) is 2.83. The van der Waals surface area contributed by atoms with Crippen molar-refractivity contribution < 1.29 is 17.6 Å². The zero-order chi connectivity index (χ0) is 16.8. The van der Waals surface area contributed by atoms with E-state index in [0.717, 1.165) is 5.76 Å². The van der Waals surface area contributed by atoms with Gasteiger partial charge in [-0.25, -0.2) is 9.98 Å². The zero-order valence-corrected chi connectivity index (χ0v) is 13.3. The Kier molecular flexibility index (Phi) is 6.25. The van der Waals surface area contributed by atoms with E-state index in [0.29, 0.717) is 18.4 Å². The fraction of sp³-hybridized carbons (Fsp3) is 0.714. The molecule has 126 valence electrons. The van der Waals surface area contributed by atoms with Gasteiger partial charge in [0.25, 0.3) is 0 Å². The lowest BCUT2D eigenvalue weighted by molar-refractivity contribution is -0.132. The Morgan fingerprint density at radius 3 is 2.45 bits per heavy atom. The molecule has 0 fully saturated rings. The molecule has 0 aliphatic heterocycles. The number of nitrogens with zero attached hydrogens (tertiary/aromatic N) is 2. The van der Waals surface area contributed by atoms with Crippen LogP contribution in [0.25, 0.3) is 0 Å². The van der Waals surface area contributed by atoms with Gasteiger partial charge in [-0.3, -0.25) is 0 Å². The van der Waals surface area contributed by atoms with E-state index < -0.39 is 12.6 Å². The third-order valence-corrected chi connectivity index (χ3v) is 2.71. The van der Waals surface area contributed by atoms with Crippen molar-refractivity contribution in [1.82, 2.24) is 15.6 Å². The van der Waals surface area contributed by atoms with Crippen LogP contribution in [0.3, 0.4) is 0 Å². The van der Waals surface area contributed by atoms with Crippen LogP contribution in [0.15, 0.2) is 15.6 Å². The van der Waals surface area contributed by atoms with Crippen molar-refractivity contribution in [2.75, 3.05) is 13.1 Å². The van der Waals surface area contributed by atoms with Gasteiger partial charge in [0.05, 0.1) is 12.6 Å². The Morgan fingerprint density at radius 2 is 1.95 bits per heavy atom. The van der Waals surface area contributed by atoms with Gasteiger partial charge in [-0.2, -0.15) is 13.2 Å². The SMILES string of the molecule is CCNC(=NCc1ncc(C(C)(C)C)o1)NCCC(F)(F)F. The van der Waals surface area contributed by atoms with E-state index in [1.165, 1.54) is 0 Å². The van der Waals surface area contributed by atoms with Crippen LogP contribution in [0.2, 0.25) is 0 Å². The molecule has 0 spiro atoms. The standard InChI is InChI=1S/C14H23F3N4O/c1-5-18-12(19-7-6-14(15,16)17)21-9-11-20-8-10(22-11)13(2,3)4/h8H,5-7,9H2,1-4H3,(H2,18,19,21). The quantitative estimate of drug-likeness (QED) is 0.647. The number of oxazole rings is 1. The van der Waals surface area contributed by atoms with Crippen molar-refractivity contribution in [2.45, 2.75) is 52.3 Å². The maximum Gasteiger partial charge on any atom is 0.390 e. The molecule has 0 unspecified atom stereocenters. The first-order chi connectivity index (χ1) is 10.1. The van der Waals surface area contributed by atoms with Gasteiger partial charge in [0.1, 0.15) is 12.3 Å². The van der Waals surface area contributed by atoms with Crippen molar-refractivity contribution >= 4 is 5.96 Å². The second-order valence-corrected chi connectivity index (χ2v) is 5.86. The van der Waals surface area contributed by atoms with Crippen LogP contribution in [0.1, 0.15) is 45.8 Å². The number of rotatable bonds is 5. The highest BCUT2D eigenvalue weighted by Gasteiger charge is 2.26. The van der Waals surface area contributed by atoms with Gasteiger partial charge in [0.2, 0.25) is 5.89 Å². The van der Waals surface area contributed by atoms with Crippen molar-refractivity contribution in [3.63, 3.8) is 0 Å². The average molecular weight is 320 g/mol. The van der Waals surface area contributed by atoms with Crippen LogP contribution >= 0.6 is 0 Å². The first-order valence-corrected chi connectivity index (χ1v) is 7.16. The summed E-state index contributed by atoms with van der Waals surface area (Å²) in [5.41, 5.74) is -0.148.